The summed E-state index contributed by atoms with van der Waals surface area (Å²) in [6.45, 7) is 1.92. The van der Waals surface area contributed by atoms with Crippen LogP contribution in [0.25, 0.3) is 11.5 Å². The molecular weight excluding hydrogens is 284 g/mol. The van der Waals surface area contributed by atoms with E-state index in [0.717, 1.165) is 29.9 Å². The van der Waals surface area contributed by atoms with E-state index in [4.69, 9.17) is 4.42 Å². The molecule has 21 heavy (non-hydrogen) atoms. The number of oxazole rings is 1. The zero-order valence-corrected chi connectivity index (χ0v) is 12.8. The second-order valence-electron chi connectivity index (χ2n) is 5.22. The van der Waals surface area contributed by atoms with Crippen LogP contribution in [0.1, 0.15) is 24.3 Å². The number of benzene rings is 1. The summed E-state index contributed by atoms with van der Waals surface area (Å²) in [7, 11) is 0. The summed E-state index contributed by atoms with van der Waals surface area (Å²) in [5.41, 5.74) is 1.89. The average molecular weight is 302 g/mol. The van der Waals surface area contributed by atoms with Gasteiger partial charge in [-0.15, -0.1) is 11.8 Å². The van der Waals surface area contributed by atoms with Gasteiger partial charge in [-0.1, -0.05) is 18.2 Å². The summed E-state index contributed by atoms with van der Waals surface area (Å²) in [6, 6.07) is 10.3. The molecule has 1 aliphatic carbocycles. The van der Waals surface area contributed by atoms with Gasteiger partial charge in [-0.3, -0.25) is 4.79 Å². The van der Waals surface area contributed by atoms with Crippen LogP contribution in [0.15, 0.2) is 34.7 Å². The minimum Gasteiger partial charge on any atom is -0.441 e. The number of thioether (sulfide) groups is 1. The highest BCUT2D eigenvalue weighted by Gasteiger charge is 2.23. The number of hydrogen-bond donors (Lipinski definition) is 1. The smallest absolute Gasteiger partial charge is 0.230 e. The molecule has 4 nitrogen and oxygen atoms in total. The Balaban J connectivity index is 1.56. The summed E-state index contributed by atoms with van der Waals surface area (Å²) in [6.07, 6.45) is 2.25. The van der Waals surface area contributed by atoms with Crippen molar-refractivity contribution in [3.8, 4) is 11.5 Å². The molecule has 1 heterocycles. The maximum atomic E-state index is 11.6. The zero-order chi connectivity index (χ0) is 14.7. The number of rotatable bonds is 6. The third-order valence-corrected chi connectivity index (χ3v) is 4.27. The fourth-order valence-electron chi connectivity index (χ4n) is 2.00. The van der Waals surface area contributed by atoms with E-state index in [2.05, 4.69) is 10.3 Å². The highest BCUT2D eigenvalue weighted by molar-refractivity contribution is 7.99. The first kappa shape index (κ1) is 14.2. The highest BCUT2D eigenvalue weighted by Crippen LogP contribution is 2.24. The third-order valence-electron chi connectivity index (χ3n) is 3.33. The van der Waals surface area contributed by atoms with Crippen molar-refractivity contribution in [1.82, 2.24) is 10.3 Å². The predicted molar refractivity (Wildman–Crippen MR) is 84.0 cm³/mol. The quantitative estimate of drug-likeness (QED) is 0.890. The Morgan fingerprint density at radius 2 is 2.14 bits per heavy atom. The number of nitrogens with zero attached hydrogens (tertiary/aromatic N) is 1. The van der Waals surface area contributed by atoms with Gasteiger partial charge in [0.1, 0.15) is 5.76 Å². The summed E-state index contributed by atoms with van der Waals surface area (Å²) in [4.78, 5) is 16.2. The number of amides is 1. The Bertz CT molecular complexity index is 620. The van der Waals surface area contributed by atoms with Gasteiger partial charge in [-0.2, -0.15) is 0 Å². The zero-order valence-electron chi connectivity index (χ0n) is 12.0. The molecule has 5 heteroatoms. The average Bonchev–Trinajstić information content (AvgIpc) is 3.22. The molecule has 1 aliphatic rings. The highest BCUT2D eigenvalue weighted by atomic mass is 32.2. The first-order valence-corrected chi connectivity index (χ1v) is 8.26. The second-order valence-corrected chi connectivity index (χ2v) is 6.21. The lowest BCUT2D eigenvalue weighted by atomic mass is 10.2. The molecular formula is C16H18N2O2S. The molecule has 0 spiro atoms. The summed E-state index contributed by atoms with van der Waals surface area (Å²) < 4.78 is 5.71. The standard InChI is InChI=1S/C16H18N2O2S/c1-11-14(9-21-10-15(19)17-13-7-8-13)18-16(20-11)12-5-3-2-4-6-12/h2-6,13H,7-10H2,1H3,(H,17,19). The van der Waals surface area contributed by atoms with Gasteiger partial charge in [-0.05, 0) is 31.9 Å². The molecule has 0 bridgehead atoms. The van der Waals surface area contributed by atoms with Gasteiger partial charge in [0, 0.05) is 17.4 Å². The van der Waals surface area contributed by atoms with E-state index >= 15 is 0 Å². The van der Waals surface area contributed by atoms with Crippen LogP contribution in [-0.2, 0) is 10.5 Å². The molecule has 3 rings (SSSR count). The van der Waals surface area contributed by atoms with Gasteiger partial charge in [0.05, 0.1) is 11.4 Å². The monoisotopic (exact) mass is 302 g/mol. The minimum atomic E-state index is 0.118. The molecule has 0 aliphatic heterocycles. The van der Waals surface area contributed by atoms with Crippen LogP contribution in [0.3, 0.4) is 0 Å². The fraction of sp³-hybridized carbons (Fsp3) is 0.375. The molecule has 1 aromatic heterocycles. The predicted octanol–water partition coefficient (Wildman–Crippen LogP) is 3.16. The molecule has 0 radical (unpaired) electrons. The molecule has 1 saturated carbocycles. The Hall–Kier alpha value is -1.75. The summed E-state index contributed by atoms with van der Waals surface area (Å²) in [5, 5.41) is 2.98. The van der Waals surface area contributed by atoms with E-state index < -0.39 is 0 Å². The largest absolute Gasteiger partial charge is 0.441 e. The van der Waals surface area contributed by atoms with E-state index in [1.54, 1.807) is 11.8 Å². The van der Waals surface area contributed by atoms with Gasteiger partial charge in [0.2, 0.25) is 11.8 Å². The molecule has 1 aromatic carbocycles. The molecule has 110 valence electrons. The number of carbonyl (C=O) groups is 1. The van der Waals surface area contributed by atoms with Gasteiger partial charge >= 0.3 is 0 Å². The molecule has 1 amide bonds. The van der Waals surface area contributed by atoms with Gasteiger partial charge in [0.25, 0.3) is 0 Å². The lowest BCUT2D eigenvalue weighted by Crippen LogP contribution is -2.27. The van der Waals surface area contributed by atoms with E-state index in [-0.39, 0.29) is 5.91 Å². The van der Waals surface area contributed by atoms with Crippen LogP contribution in [0.2, 0.25) is 0 Å². The number of carbonyl (C=O) groups excluding carboxylic acids is 1. The van der Waals surface area contributed by atoms with Crippen molar-refractivity contribution in [1.29, 1.82) is 0 Å². The van der Waals surface area contributed by atoms with Crippen LogP contribution in [0.5, 0.6) is 0 Å². The Morgan fingerprint density at radius 3 is 2.86 bits per heavy atom. The van der Waals surface area contributed by atoms with Crippen LogP contribution < -0.4 is 5.32 Å². The number of aromatic nitrogens is 1. The second kappa shape index (κ2) is 6.35. The van der Waals surface area contributed by atoms with Crippen molar-refractivity contribution in [2.24, 2.45) is 0 Å². The maximum Gasteiger partial charge on any atom is 0.230 e. The van der Waals surface area contributed by atoms with E-state index in [1.807, 2.05) is 37.3 Å². The number of hydrogen-bond acceptors (Lipinski definition) is 4. The first-order valence-electron chi connectivity index (χ1n) is 7.11. The normalized spacial score (nSPS) is 14.1. The number of nitrogens with one attached hydrogen (secondary N) is 1. The molecule has 0 saturated heterocycles. The fourth-order valence-corrected chi connectivity index (χ4v) is 2.84. The lowest BCUT2D eigenvalue weighted by molar-refractivity contribution is -0.118. The Labute approximate surface area is 128 Å². The molecule has 0 unspecified atom stereocenters. The van der Waals surface area contributed by atoms with E-state index in [0.29, 0.717) is 23.4 Å². The Kier molecular flexibility index (Phi) is 4.29. The van der Waals surface area contributed by atoms with Crippen LogP contribution in [-0.4, -0.2) is 22.7 Å². The minimum absolute atomic E-state index is 0.118. The van der Waals surface area contributed by atoms with Crippen LogP contribution in [0, 0.1) is 6.92 Å². The van der Waals surface area contributed by atoms with E-state index in [1.165, 1.54) is 0 Å². The molecule has 2 aromatic rings. The molecule has 0 atom stereocenters. The van der Waals surface area contributed by atoms with Gasteiger partial charge in [-0.25, -0.2) is 4.98 Å². The van der Waals surface area contributed by atoms with Crippen molar-refractivity contribution in [3.63, 3.8) is 0 Å². The molecule has 1 N–H and O–H groups in total. The van der Waals surface area contributed by atoms with Crippen molar-refractivity contribution in [2.75, 3.05) is 5.75 Å². The van der Waals surface area contributed by atoms with Crippen molar-refractivity contribution in [2.45, 2.75) is 31.6 Å². The maximum absolute atomic E-state index is 11.6. The van der Waals surface area contributed by atoms with Gasteiger partial charge in [0.15, 0.2) is 0 Å². The first-order chi connectivity index (χ1) is 10.2. The third kappa shape index (κ3) is 3.88. The van der Waals surface area contributed by atoms with Crippen LogP contribution in [0.4, 0.5) is 0 Å². The Morgan fingerprint density at radius 1 is 1.38 bits per heavy atom. The van der Waals surface area contributed by atoms with Crippen molar-refractivity contribution in [3.05, 3.63) is 41.8 Å². The van der Waals surface area contributed by atoms with E-state index in [9.17, 15) is 4.79 Å². The lowest BCUT2D eigenvalue weighted by Gasteiger charge is -2.01. The van der Waals surface area contributed by atoms with Crippen LogP contribution >= 0.6 is 11.8 Å². The number of aryl methyl sites for hydroxylation is 1. The van der Waals surface area contributed by atoms with Gasteiger partial charge < -0.3 is 9.73 Å². The molecule has 1 fully saturated rings. The summed E-state index contributed by atoms with van der Waals surface area (Å²) >= 11 is 1.57. The summed E-state index contributed by atoms with van der Waals surface area (Å²) in [5.74, 6) is 2.76. The topological polar surface area (TPSA) is 55.1 Å². The van der Waals surface area contributed by atoms with Crippen molar-refractivity contribution >= 4 is 17.7 Å². The SMILES string of the molecule is Cc1oc(-c2ccccc2)nc1CSCC(=O)NC1CC1. The van der Waals surface area contributed by atoms with Crippen molar-refractivity contribution < 1.29 is 9.21 Å².